The summed E-state index contributed by atoms with van der Waals surface area (Å²) in [5.74, 6) is 1.32. The van der Waals surface area contributed by atoms with E-state index in [-0.39, 0.29) is 0 Å². The Morgan fingerprint density at radius 2 is 2.38 bits per heavy atom. The van der Waals surface area contributed by atoms with Crippen LogP contribution in [0.2, 0.25) is 0 Å². The number of allylic oxidation sites excluding steroid dienone is 1. The van der Waals surface area contributed by atoms with Crippen molar-refractivity contribution in [2.24, 2.45) is 0 Å². The molecule has 44 valence electrons. The molecule has 2 heteroatoms. The number of aliphatic hydroxyl groups excluding tert-OH is 1. The van der Waals surface area contributed by atoms with Crippen molar-refractivity contribution in [1.82, 2.24) is 0 Å². The van der Waals surface area contributed by atoms with Gasteiger partial charge in [0.2, 0.25) is 0 Å². The van der Waals surface area contributed by atoms with Crippen molar-refractivity contribution in [3.63, 3.8) is 0 Å². The van der Waals surface area contributed by atoms with Crippen molar-refractivity contribution in [1.29, 1.82) is 0 Å². The van der Waals surface area contributed by atoms with Crippen LogP contribution in [0.25, 0.3) is 0 Å². The SMILES string of the molecule is CC1=[O+]C=C(O)CC1. The summed E-state index contributed by atoms with van der Waals surface area (Å²) in [4.78, 5) is 0. The van der Waals surface area contributed by atoms with Gasteiger partial charge in [0.05, 0.1) is 6.42 Å². The highest BCUT2D eigenvalue weighted by molar-refractivity contribution is 5.76. The summed E-state index contributed by atoms with van der Waals surface area (Å²) in [7, 11) is 0. The molecule has 0 saturated carbocycles. The molecule has 0 aromatic rings. The minimum absolute atomic E-state index is 0.343. The van der Waals surface area contributed by atoms with E-state index in [0.717, 1.165) is 18.6 Å². The fourth-order valence-corrected chi connectivity index (χ4v) is 0.591. The van der Waals surface area contributed by atoms with Gasteiger partial charge in [-0.1, -0.05) is 0 Å². The fraction of sp³-hybridized carbons (Fsp3) is 0.500. The lowest BCUT2D eigenvalue weighted by atomic mass is 10.2. The molecule has 0 aromatic heterocycles. The average Bonchev–Trinajstić information content (AvgIpc) is 1.77. The summed E-state index contributed by atoms with van der Waals surface area (Å²) in [5.41, 5.74) is 0. The van der Waals surface area contributed by atoms with E-state index in [1.165, 1.54) is 6.26 Å². The molecule has 0 fully saturated rings. The first-order chi connectivity index (χ1) is 3.79. The Kier molecular flexibility index (Phi) is 1.33. The van der Waals surface area contributed by atoms with Gasteiger partial charge in [-0.3, -0.25) is 0 Å². The molecule has 1 heterocycles. The molecule has 0 spiro atoms. The van der Waals surface area contributed by atoms with Crippen LogP contribution in [0.1, 0.15) is 19.8 Å². The third-order valence-electron chi connectivity index (χ3n) is 1.13. The van der Waals surface area contributed by atoms with Crippen LogP contribution in [-0.4, -0.2) is 10.9 Å². The molecule has 2 nitrogen and oxygen atoms in total. The van der Waals surface area contributed by atoms with Gasteiger partial charge in [0.25, 0.3) is 0 Å². The molecule has 0 aliphatic carbocycles. The van der Waals surface area contributed by atoms with Crippen molar-refractivity contribution in [3.05, 3.63) is 12.0 Å². The van der Waals surface area contributed by atoms with Crippen LogP contribution < -0.4 is 0 Å². The lowest BCUT2D eigenvalue weighted by molar-refractivity contribution is -0.380. The van der Waals surface area contributed by atoms with E-state index in [1.807, 2.05) is 6.92 Å². The van der Waals surface area contributed by atoms with Gasteiger partial charge in [-0.25, -0.2) is 4.42 Å². The molecule has 1 N–H and O–H groups in total. The summed E-state index contributed by atoms with van der Waals surface area (Å²) >= 11 is 0. The molecule has 1 rings (SSSR count). The molecule has 0 aromatic carbocycles. The molecule has 1 aliphatic rings. The van der Waals surface area contributed by atoms with Crippen LogP contribution >= 0.6 is 0 Å². The Morgan fingerprint density at radius 3 is 2.75 bits per heavy atom. The fourth-order valence-electron chi connectivity index (χ4n) is 0.591. The van der Waals surface area contributed by atoms with E-state index in [4.69, 9.17) is 9.53 Å². The monoisotopic (exact) mass is 113 g/mol. The van der Waals surface area contributed by atoms with E-state index in [2.05, 4.69) is 0 Å². The van der Waals surface area contributed by atoms with Crippen LogP contribution in [0, 0.1) is 0 Å². The average molecular weight is 113 g/mol. The van der Waals surface area contributed by atoms with Gasteiger partial charge in [0.15, 0.2) is 5.76 Å². The van der Waals surface area contributed by atoms with Crippen molar-refractivity contribution < 1.29 is 9.53 Å². The maximum atomic E-state index is 8.75. The largest absolute Gasteiger partial charge is 0.504 e. The van der Waals surface area contributed by atoms with Crippen molar-refractivity contribution in [2.75, 3.05) is 0 Å². The second-order valence-corrected chi connectivity index (χ2v) is 1.93. The quantitative estimate of drug-likeness (QED) is 0.472. The highest BCUT2D eigenvalue weighted by Gasteiger charge is 2.12. The number of hydrogen-bond donors (Lipinski definition) is 1. The van der Waals surface area contributed by atoms with Crippen LogP contribution in [0.5, 0.6) is 0 Å². The standard InChI is InChI=1S/C6H8O2/c1-5-2-3-6(7)4-8-5/h4H,2-3H2,1H3/p+1. The van der Waals surface area contributed by atoms with Gasteiger partial charge in [-0.05, 0) is 0 Å². The maximum Gasteiger partial charge on any atom is 0.354 e. The van der Waals surface area contributed by atoms with Crippen molar-refractivity contribution in [3.8, 4) is 0 Å². The van der Waals surface area contributed by atoms with Crippen molar-refractivity contribution >= 4 is 5.78 Å². The minimum atomic E-state index is 0.343. The summed E-state index contributed by atoms with van der Waals surface area (Å²) in [6, 6.07) is 0. The number of hydrogen-bond acceptors (Lipinski definition) is 1. The first kappa shape index (κ1) is 5.35. The van der Waals surface area contributed by atoms with Gasteiger partial charge in [0.1, 0.15) is 0 Å². The normalized spacial score (nSPS) is 19.6. The molecule has 0 radical (unpaired) electrons. The van der Waals surface area contributed by atoms with Crippen LogP contribution in [0.15, 0.2) is 12.0 Å². The third kappa shape index (κ3) is 1.09. The van der Waals surface area contributed by atoms with E-state index in [1.54, 1.807) is 0 Å². The molecule has 1 aliphatic heterocycles. The van der Waals surface area contributed by atoms with Gasteiger partial charge in [-0.2, -0.15) is 0 Å². The second-order valence-electron chi connectivity index (χ2n) is 1.93. The molecule has 0 saturated heterocycles. The molecular formula is C6H9O2+. The zero-order valence-electron chi connectivity index (χ0n) is 4.85. The van der Waals surface area contributed by atoms with Crippen LogP contribution in [-0.2, 0) is 4.42 Å². The predicted molar refractivity (Wildman–Crippen MR) is 30.6 cm³/mol. The minimum Gasteiger partial charge on any atom is -0.504 e. The Hall–Kier alpha value is -0.790. The number of aliphatic hydroxyl groups is 1. The lowest BCUT2D eigenvalue weighted by Crippen LogP contribution is -2.00. The molecule has 0 bridgehead atoms. The molecule has 0 amide bonds. The van der Waals surface area contributed by atoms with Gasteiger partial charge < -0.3 is 5.11 Å². The zero-order valence-corrected chi connectivity index (χ0v) is 4.85. The van der Waals surface area contributed by atoms with Gasteiger partial charge >= 0.3 is 12.0 Å². The van der Waals surface area contributed by atoms with E-state index in [9.17, 15) is 0 Å². The Balaban J connectivity index is 2.65. The van der Waals surface area contributed by atoms with E-state index >= 15 is 0 Å². The third-order valence-corrected chi connectivity index (χ3v) is 1.13. The summed E-state index contributed by atoms with van der Waals surface area (Å²) in [5, 5.41) is 8.75. The maximum absolute atomic E-state index is 8.75. The van der Waals surface area contributed by atoms with Crippen LogP contribution in [0.4, 0.5) is 0 Å². The number of carbonyl (C=O) groups excluding carboxylic acids is 1. The highest BCUT2D eigenvalue weighted by Crippen LogP contribution is 2.05. The second kappa shape index (κ2) is 1.99. The van der Waals surface area contributed by atoms with Crippen LogP contribution in [0.3, 0.4) is 0 Å². The first-order valence-corrected chi connectivity index (χ1v) is 2.66. The molecule has 0 atom stereocenters. The van der Waals surface area contributed by atoms with E-state index < -0.39 is 0 Å². The Labute approximate surface area is 48.1 Å². The zero-order chi connectivity index (χ0) is 5.98. The highest BCUT2D eigenvalue weighted by atomic mass is 16.4. The predicted octanol–water partition coefficient (Wildman–Crippen LogP) is 1.30. The summed E-state index contributed by atoms with van der Waals surface area (Å²) in [6.07, 6.45) is 2.97. The summed E-state index contributed by atoms with van der Waals surface area (Å²) in [6.45, 7) is 1.91. The number of rotatable bonds is 0. The molecule has 8 heavy (non-hydrogen) atoms. The van der Waals surface area contributed by atoms with Gasteiger partial charge in [-0.15, -0.1) is 0 Å². The smallest absolute Gasteiger partial charge is 0.354 e. The Bertz CT molecular complexity index is 127. The first-order valence-electron chi connectivity index (χ1n) is 2.66. The summed E-state index contributed by atoms with van der Waals surface area (Å²) < 4.78 is 4.89. The Morgan fingerprint density at radius 1 is 1.62 bits per heavy atom. The number of ketones is 1. The topological polar surface area (TPSA) is 31.5 Å². The van der Waals surface area contributed by atoms with E-state index in [0.29, 0.717) is 5.76 Å². The van der Waals surface area contributed by atoms with Gasteiger partial charge in [0, 0.05) is 13.3 Å². The molecule has 0 unspecified atom stereocenters. The van der Waals surface area contributed by atoms with Crippen molar-refractivity contribution in [2.45, 2.75) is 19.8 Å². The molecular weight excluding hydrogens is 104 g/mol. The lowest BCUT2D eigenvalue weighted by Gasteiger charge is -1.92.